The van der Waals surface area contributed by atoms with Gasteiger partial charge in [-0.1, -0.05) is 0 Å². The zero-order chi connectivity index (χ0) is 14.4. The molecular weight excluding hydrogens is 284 g/mol. The van der Waals surface area contributed by atoms with Gasteiger partial charge >= 0.3 is 0 Å². The maximum atomic E-state index is 6.32. The second-order valence-corrected chi connectivity index (χ2v) is 6.36. The monoisotopic (exact) mass is 300 g/mol. The van der Waals surface area contributed by atoms with Gasteiger partial charge in [0.15, 0.2) is 0 Å². The molecule has 0 aromatic carbocycles. The lowest BCUT2D eigenvalue weighted by Crippen LogP contribution is -2.28. The number of rotatable bonds is 2. The molecule has 1 aliphatic heterocycles. The van der Waals surface area contributed by atoms with E-state index in [-0.39, 0.29) is 12.0 Å². The van der Waals surface area contributed by atoms with E-state index < -0.39 is 0 Å². The molecule has 3 aromatic rings. The molecule has 4 rings (SSSR count). The van der Waals surface area contributed by atoms with Crippen molar-refractivity contribution in [3.05, 3.63) is 41.4 Å². The van der Waals surface area contributed by atoms with E-state index >= 15 is 0 Å². The van der Waals surface area contributed by atoms with Crippen LogP contribution in [0.1, 0.15) is 17.4 Å². The van der Waals surface area contributed by atoms with Gasteiger partial charge in [0.05, 0.1) is 11.3 Å². The maximum absolute atomic E-state index is 6.32. The van der Waals surface area contributed by atoms with Crippen LogP contribution in [0.4, 0.5) is 5.82 Å². The largest absolute Gasteiger partial charge is 0.466 e. The third-order valence-electron chi connectivity index (χ3n) is 4.03. The average Bonchev–Trinajstić information content (AvgIpc) is 3.17. The maximum Gasteiger partial charge on any atom is 0.140 e. The van der Waals surface area contributed by atoms with Crippen LogP contribution >= 0.6 is 11.3 Å². The molecule has 2 atom stereocenters. The topological polar surface area (TPSA) is 68.2 Å². The van der Waals surface area contributed by atoms with Crippen molar-refractivity contribution < 1.29 is 4.42 Å². The molecule has 1 aliphatic rings. The van der Waals surface area contributed by atoms with E-state index in [1.807, 2.05) is 24.4 Å². The number of aromatic nitrogens is 2. The fourth-order valence-electron chi connectivity index (χ4n) is 2.98. The van der Waals surface area contributed by atoms with Crippen molar-refractivity contribution in [2.24, 2.45) is 5.73 Å². The summed E-state index contributed by atoms with van der Waals surface area (Å²) in [4.78, 5) is 12.0. The van der Waals surface area contributed by atoms with Crippen LogP contribution in [0, 0.1) is 6.92 Å². The second-order valence-electron chi connectivity index (χ2n) is 5.46. The Hall–Kier alpha value is -1.92. The number of hydrogen-bond acceptors (Lipinski definition) is 6. The van der Waals surface area contributed by atoms with Crippen LogP contribution in [0.3, 0.4) is 0 Å². The van der Waals surface area contributed by atoms with Crippen molar-refractivity contribution in [1.82, 2.24) is 9.97 Å². The Morgan fingerprint density at radius 1 is 1.29 bits per heavy atom. The van der Waals surface area contributed by atoms with Gasteiger partial charge < -0.3 is 15.1 Å². The molecule has 0 radical (unpaired) electrons. The zero-order valence-electron chi connectivity index (χ0n) is 11.7. The molecule has 3 aromatic heterocycles. The Kier molecular flexibility index (Phi) is 2.94. The summed E-state index contributed by atoms with van der Waals surface area (Å²) in [6.07, 6.45) is 1.63. The lowest BCUT2D eigenvalue weighted by atomic mass is 10.0. The van der Waals surface area contributed by atoms with Crippen LogP contribution in [0.2, 0.25) is 0 Å². The molecule has 6 heteroatoms. The lowest BCUT2D eigenvalue weighted by Gasteiger charge is -2.17. The SMILES string of the molecule is Cc1ccc([C@H]2CN(c3ncnc4sccc34)C[C@@H]2N)o1. The summed E-state index contributed by atoms with van der Waals surface area (Å²) >= 11 is 1.63. The molecule has 0 amide bonds. The van der Waals surface area contributed by atoms with Gasteiger partial charge in [-0.25, -0.2) is 9.97 Å². The summed E-state index contributed by atoms with van der Waals surface area (Å²) in [5.41, 5.74) is 6.32. The minimum atomic E-state index is 0.0548. The van der Waals surface area contributed by atoms with E-state index in [1.165, 1.54) is 0 Å². The standard InChI is InChI=1S/C15H16N4OS/c1-9-2-3-13(20-9)11-6-19(7-12(11)16)14-10-4-5-21-15(10)18-8-17-14/h2-5,8,11-12H,6-7,16H2,1H3/t11-,12-/m0/s1. The molecular formula is C15H16N4OS. The number of nitrogens with zero attached hydrogens (tertiary/aromatic N) is 3. The van der Waals surface area contributed by atoms with Crippen LogP contribution in [-0.4, -0.2) is 29.1 Å². The van der Waals surface area contributed by atoms with Crippen molar-refractivity contribution in [3.63, 3.8) is 0 Å². The highest BCUT2D eigenvalue weighted by Crippen LogP contribution is 2.34. The molecule has 0 bridgehead atoms. The number of aryl methyl sites for hydroxylation is 1. The molecule has 0 aliphatic carbocycles. The van der Waals surface area contributed by atoms with E-state index in [0.29, 0.717) is 0 Å². The normalized spacial score (nSPS) is 22.3. The van der Waals surface area contributed by atoms with Crippen LogP contribution in [0.5, 0.6) is 0 Å². The predicted molar refractivity (Wildman–Crippen MR) is 83.8 cm³/mol. The highest BCUT2D eigenvalue weighted by atomic mass is 32.1. The van der Waals surface area contributed by atoms with E-state index in [0.717, 1.165) is 40.6 Å². The third kappa shape index (κ3) is 2.11. The van der Waals surface area contributed by atoms with Gasteiger partial charge in [-0.2, -0.15) is 0 Å². The van der Waals surface area contributed by atoms with Gasteiger partial charge in [0.25, 0.3) is 0 Å². The molecule has 0 spiro atoms. The van der Waals surface area contributed by atoms with Crippen LogP contribution < -0.4 is 10.6 Å². The number of hydrogen-bond donors (Lipinski definition) is 1. The third-order valence-corrected chi connectivity index (χ3v) is 4.85. The van der Waals surface area contributed by atoms with Crippen molar-refractivity contribution in [2.45, 2.75) is 18.9 Å². The van der Waals surface area contributed by atoms with Crippen molar-refractivity contribution in [3.8, 4) is 0 Å². The van der Waals surface area contributed by atoms with Crippen LogP contribution in [-0.2, 0) is 0 Å². The molecule has 0 unspecified atom stereocenters. The van der Waals surface area contributed by atoms with Crippen molar-refractivity contribution in [1.29, 1.82) is 0 Å². The second kappa shape index (κ2) is 4.82. The van der Waals surface area contributed by atoms with Crippen molar-refractivity contribution >= 4 is 27.4 Å². The van der Waals surface area contributed by atoms with Crippen LogP contribution in [0.15, 0.2) is 34.3 Å². The molecule has 108 valence electrons. The summed E-state index contributed by atoms with van der Waals surface area (Å²) in [5, 5.41) is 3.15. The average molecular weight is 300 g/mol. The minimum Gasteiger partial charge on any atom is -0.466 e. The highest BCUT2D eigenvalue weighted by molar-refractivity contribution is 7.16. The zero-order valence-corrected chi connectivity index (χ0v) is 12.5. The van der Waals surface area contributed by atoms with E-state index in [1.54, 1.807) is 17.7 Å². The fourth-order valence-corrected chi connectivity index (χ4v) is 3.71. The summed E-state index contributed by atoms with van der Waals surface area (Å²) in [6, 6.07) is 6.15. The van der Waals surface area contributed by atoms with Gasteiger partial charge in [0.1, 0.15) is 28.5 Å². The van der Waals surface area contributed by atoms with Gasteiger partial charge in [-0.05, 0) is 30.5 Å². The highest BCUT2D eigenvalue weighted by Gasteiger charge is 2.34. The van der Waals surface area contributed by atoms with Crippen molar-refractivity contribution in [2.75, 3.05) is 18.0 Å². The lowest BCUT2D eigenvalue weighted by molar-refractivity contribution is 0.438. The number of nitrogens with two attached hydrogens (primary N) is 1. The smallest absolute Gasteiger partial charge is 0.140 e. The van der Waals surface area contributed by atoms with Gasteiger partial charge in [-0.3, -0.25) is 0 Å². The quantitative estimate of drug-likeness (QED) is 0.787. The first-order valence-corrected chi connectivity index (χ1v) is 7.85. The van der Waals surface area contributed by atoms with E-state index in [9.17, 15) is 0 Å². The van der Waals surface area contributed by atoms with Crippen LogP contribution in [0.25, 0.3) is 10.2 Å². The predicted octanol–water partition coefficient (Wildman–Crippen LogP) is 2.52. The Morgan fingerprint density at radius 2 is 2.19 bits per heavy atom. The number of thiophene rings is 1. The van der Waals surface area contributed by atoms with Gasteiger partial charge in [0.2, 0.25) is 0 Å². The molecule has 1 saturated heterocycles. The Bertz CT molecular complexity index is 781. The molecule has 4 heterocycles. The summed E-state index contributed by atoms with van der Waals surface area (Å²) < 4.78 is 5.76. The van der Waals surface area contributed by atoms with E-state index in [2.05, 4.69) is 20.9 Å². The Morgan fingerprint density at radius 3 is 3.00 bits per heavy atom. The molecule has 21 heavy (non-hydrogen) atoms. The summed E-state index contributed by atoms with van der Waals surface area (Å²) in [6.45, 7) is 3.57. The number of fused-ring (bicyclic) bond motifs is 1. The van der Waals surface area contributed by atoms with Gasteiger partial charge in [-0.15, -0.1) is 11.3 Å². The number of anilines is 1. The van der Waals surface area contributed by atoms with Gasteiger partial charge in [0, 0.05) is 19.1 Å². The molecule has 2 N–H and O–H groups in total. The first-order chi connectivity index (χ1) is 10.2. The molecule has 1 fully saturated rings. The van der Waals surface area contributed by atoms with E-state index in [4.69, 9.17) is 10.2 Å². The first kappa shape index (κ1) is 12.8. The fraction of sp³-hybridized carbons (Fsp3) is 0.333. The Labute approximate surface area is 126 Å². The first-order valence-electron chi connectivity index (χ1n) is 6.97. The Balaban J connectivity index is 1.67. The number of furan rings is 1. The summed E-state index contributed by atoms with van der Waals surface area (Å²) in [5.74, 6) is 3.08. The molecule has 0 saturated carbocycles. The molecule has 5 nitrogen and oxygen atoms in total. The minimum absolute atomic E-state index is 0.0548. The summed E-state index contributed by atoms with van der Waals surface area (Å²) in [7, 11) is 0.